The van der Waals surface area contributed by atoms with E-state index in [0.29, 0.717) is 0 Å². The van der Waals surface area contributed by atoms with E-state index in [-0.39, 0.29) is 9.79 Å². The molecule has 0 bridgehead atoms. The van der Waals surface area contributed by atoms with Crippen LogP contribution in [-0.4, -0.2) is 34.1 Å². The Balaban J connectivity index is 2.27. The van der Waals surface area contributed by atoms with Gasteiger partial charge in [0.05, 0.1) is 9.79 Å². The van der Waals surface area contributed by atoms with Crippen LogP contribution in [0.2, 0.25) is 0 Å². The molecule has 0 spiro atoms. The molecule has 0 unspecified atom stereocenters. The van der Waals surface area contributed by atoms with Gasteiger partial charge in [-0.25, -0.2) is 21.6 Å². The van der Waals surface area contributed by atoms with E-state index in [0.717, 1.165) is 11.1 Å². The largest absolute Gasteiger partial charge is 0.479 e. The van der Waals surface area contributed by atoms with Crippen LogP contribution in [0, 0.1) is 13.8 Å². The number of carbonyl (C=O) groups is 1. The zero-order valence-electron chi connectivity index (χ0n) is 14.0. The summed E-state index contributed by atoms with van der Waals surface area (Å²) >= 11 is 0. The fourth-order valence-electron chi connectivity index (χ4n) is 2.01. The molecule has 2 aromatic rings. The van der Waals surface area contributed by atoms with E-state index in [1.165, 1.54) is 24.3 Å². The Morgan fingerprint density at radius 1 is 0.769 bits per heavy atom. The third-order valence-corrected chi connectivity index (χ3v) is 6.33. The van der Waals surface area contributed by atoms with E-state index in [1.807, 2.05) is 9.44 Å². The highest BCUT2D eigenvalue weighted by atomic mass is 32.2. The maximum Gasteiger partial charge on any atom is 0.337 e. The molecule has 3 N–H and O–H groups in total. The minimum absolute atomic E-state index is 0.177. The van der Waals surface area contributed by atoms with Gasteiger partial charge in [0.2, 0.25) is 20.0 Å². The molecular formula is C16H18N2O6S2. The SMILES string of the molecule is Cc1ccc(S(=O)(=O)NC(NS(=O)(=O)c2ccc(C)cc2)C(=O)O)cc1. The molecule has 0 aliphatic carbocycles. The maximum absolute atomic E-state index is 12.3. The van der Waals surface area contributed by atoms with Crippen LogP contribution in [0.1, 0.15) is 11.1 Å². The smallest absolute Gasteiger partial charge is 0.337 e. The van der Waals surface area contributed by atoms with Crippen molar-refractivity contribution in [1.82, 2.24) is 9.44 Å². The monoisotopic (exact) mass is 398 g/mol. The second-order valence-electron chi connectivity index (χ2n) is 5.64. The van der Waals surface area contributed by atoms with E-state index < -0.39 is 32.2 Å². The molecule has 0 heterocycles. The summed E-state index contributed by atoms with van der Waals surface area (Å²) < 4.78 is 53.0. The summed E-state index contributed by atoms with van der Waals surface area (Å²) in [6.45, 7) is 3.53. The molecule has 26 heavy (non-hydrogen) atoms. The molecular weight excluding hydrogens is 380 g/mol. The molecule has 0 saturated carbocycles. The normalized spacial score (nSPS) is 12.3. The molecule has 2 rings (SSSR count). The lowest BCUT2D eigenvalue weighted by molar-refractivity contribution is -0.139. The highest BCUT2D eigenvalue weighted by molar-refractivity contribution is 7.90. The van der Waals surface area contributed by atoms with Gasteiger partial charge in [-0.05, 0) is 38.1 Å². The Hall–Kier alpha value is -2.27. The van der Waals surface area contributed by atoms with Crippen molar-refractivity contribution in [2.45, 2.75) is 29.8 Å². The van der Waals surface area contributed by atoms with Crippen LogP contribution in [-0.2, 0) is 24.8 Å². The molecule has 10 heteroatoms. The zero-order chi connectivity index (χ0) is 19.5. The molecule has 8 nitrogen and oxygen atoms in total. The van der Waals surface area contributed by atoms with Crippen LogP contribution < -0.4 is 9.44 Å². The second-order valence-corrected chi connectivity index (χ2v) is 9.07. The Bertz CT molecular complexity index is 920. The predicted octanol–water partition coefficient (Wildman–Crippen LogP) is 0.971. The average Bonchev–Trinajstić information content (AvgIpc) is 2.54. The lowest BCUT2D eigenvalue weighted by Crippen LogP contribution is -2.52. The number of nitrogens with one attached hydrogen (secondary N) is 2. The summed E-state index contributed by atoms with van der Waals surface area (Å²) in [4.78, 5) is 11.0. The number of aliphatic carboxylic acids is 1. The molecule has 0 aliphatic rings. The summed E-state index contributed by atoms with van der Waals surface area (Å²) in [5.74, 6) is -1.68. The number of carboxylic acid groups (broad SMARTS) is 1. The molecule has 0 aromatic heterocycles. The average molecular weight is 398 g/mol. The first-order chi connectivity index (χ1) is 12.0. The lowest BCUT2D eigenvalue weighted by atomic mass is 10.2. The van der Waals surface area contributed by atoms with E-state index in [2.05, 4.69) is 0 Å². The van der Waals surface area contributed by atoms with Crippen molar-refractivity contribution in [2.75, 3.05) is 0 Å². The zero-order valence-corrected chi connectivity index (χ0v) is 15.6. The highest BCUT2D eigenvalue weighted by Crippen LogP contribution is 2.13. The number of aryl methyl sites for hydroxylation is 2. The first-order valence-electron chi connectivity index (χ1n) is 7.42. The minimum atomic E-state index is -4.24. The van der Waals surface area contributed by atoms with Gasteiger partial charge in [0.15, 0.2) is 6.17 Å². The number of sulfonamides is 2. The van der Waals surface area contributed by atoms with Crippen LogP contribution in [0.4, 0.5) is 0 Å². The fraction of sp³-hybridized carbons (Fsp3) is 0.188. The summed E-state index contributed by atoms with van der Waals surface area (Å²) in [6, 6.07) is 11.4. The molecule has 140 valence electrons. The Labute approximate surface area is 152 Å². The number of rotatable bonds is 7. The number of hydrogen-bond acceptors (Lipinski definition) is 5. The van der Waals surface area contributed by atoms with Crippen molar-refractivity contribution in [3.8, 4) is 0 Å². The van der Waals surface area contributed by atoms with Gasteiger partial charge in [-0.3, -0.25) is 0 Å². The third kappa shape index (κ3) is 4.88. The first kappa shape index (κ1) is 20.0. The Morgan fingerprint density at radius 3 is 1.35 bits per heavy atom. The molecule has 0 aliphatic heterocycles. The lowest BCUT2D eigenvalue weighted by Gasteiger charge is -2.17. The van der Waals surface area contributed by atoms with E-state index in [1.54, 1.807) is 38.1 Å². The Kier molecular flexibility index (Phi) is 5.81. The van der Waals surface area contributed by atoms with Crippen molar-refractivity contribution in [3.63, 3.8) is 0 Å². The molecule has 0 atom stereocenters. The van der Waals surface area contributed by atoms with Crippen LogP contribution in [0.15, 0.2) is 58.3 Å². The predicted molar refractivity (Wildman–Crippen MR) is 94.4 cm³/mol. The number of carboxylic acids is 1. The van der Waals surface area contributed by atoms with Crippen molar-refractivity contribution in [3.05, 3.63) is 59.7 Å². The molecule has 0 saturated heterocycles. The summed E-state index contributed by atoms with van der Waals surface area (Å²) in [5, 5.41) is 9.23. The molecule has 0 fully saturated rings. The second kappa shape index (κ2) is 7.54. The van der Waals surface area contributed by atoms with Crippen molar-refractivity contribution < 1.29 is 26.7 Å². The van der Waals surface area contributed by atoms with Gasteiger partial charge in [0, 0.05) is 0 Å². The van der Waals surface area contributed by atoms with Crippen molar-refractivity contribution >= 4 is 26.0 Å². The first-order valence-corrected chi connectivity index (χ1v) is 10.4. The van der Waals surface area contributed by atoms with Crippen molar-refractivity contribution in [2.24, 2.45) is 0 Å². The van der Waals surface area contributed by atoms with Crippen LogP contribution in [0.3, 0.4) is 0 Å². The third-order valence-electron chi connectivity index (χ3n) is 3.46. The van der Waals surface area contributed by atoms with Gasteiger partial charge >= 0.3 is 5.97 Å². The van der Waals surface area contributed by atoms with Crippen LogP contribution in [0.5, 0.6) is 0 Å². The Morgan fingerprint density at radius 2 is 1.08 bits per heavy atom. The molecule has 2 aromatic carbocycles. The van der Waals surface area contributed by atoms with E-state index in [9.17, 15) is 26.7 Å². The number of benzene rings is 2. The molecule has 0 amide bonds. The van der Waals surface area contributed by atoms with E-state index >= 15 is 0 Å². The van der Waals surface area contributed by atoms with Gasteiger partial charge < -0.3 is 5.11 Å². The standard InChI is InChI=1S/C16H18N2O6S2/c1-11-3-7-13(8-4-11)25(21,22)17-15(16(19)20)18-26(23,24)14-9-5-12(2)6-10-14/h3-10,15,17-18H,1-2H3,(H,19,20). The van der Waals surface area contributed by atoms with Gasteiger partial charge in [-0.1, -0.05) is 35.4 Å². The van der Waals surface area contributed by atoms with Crippen LogP contribution >= 0.6 is 0 Å². The quantitative estimate of drug-likeness (QED) is 0.596. The summed E-state index contributed by atoms with van der Waals surface area (Å²) in [6.07, 6.45) is -2.06. The van der Waals surface area contributed by atoms with E-state index in [4.69, 9.17) is 0 Å². The topological polar surface area (TPSA) is 130 Å². The molecule has 0 radical (unpaired) electrons. The van der Waals surface area contributed by atoms with Gasteiger partial charge in [0.1, 0.15) is 0 Å². The van der Waals surface area contributed by atoms with Crippen molar-refractivity contribution in [1.29, 1.82) is 0 Å². The fourth-order valence-corrected chi connectivity index (χ4v) is 4.28. The number of hydrogen-bond donors (Lipinski definition) is 3. The summed E-state index contributed by atoms with van der Waals surface area (Å²) in [7, 11) is -8.48. The van der Waals surface area contributed by atoms with Gasteiger partial charge in [-0.2, -0.15) is 9.44 Å². The van der Waals surface area contributed by atoms with Gasteiger partial charge in [0.25, 0.3) is 0 Å². The van der Waals surface area contributed by atoms with Crippen LogP contribution in [0.25, 0.3) is 0 Å². The van der Waals surface area contributed by atoms with Gasteiger partial charge in [-0.15, -0.1) is 0 Å². The minimum Gasteiger partial charge on any atom is -0.479 e. The maximum atomic E-state index is 12.3. The highest BCUT2D eigenvalue weighted by Gasteiger charge is 2.30. The summed E-state index contributed by atoms with van der Waals surface area (Å²) in [5.41, 5.74) is 1.64.